The molecule has 0 aliphatic heterocycles. The molecule has 0 fully saturated rings. The molecule has 0 amide bonds. The summed E-state index contributed by atoms with van der Waals surface area (Å²) in [5.41, 5.74) is 3.55. The van der Waals surface area contributed by atoms with Gasteiger partial charge < -0.3 is 0 Å². The highest BCUT2D eigenvalue weighted by Crippen LogP contribution is 2.32. The quantitative estimate of drug-likeness (QED) is 0.350. The minimum Gasteiger partial charge on any atom is -0.260 e. The van der Waals surface area contributed by atoms with Gasteiger partial charge in [-0.2, -0.15) is 0 Å². The Morgan fingerprint density at radius 2 is 1.96 bits per heavy atom. The summed E-state index contributed by atoms with van der Waals surface area (Å²) >= 11 is 15.1. The summed E-state index contributed by atoms with van der Waals surface area (Å²) in [5.74, 6) is 0.480. The molecule has 0 radical (unpaired) electrons. The molecule has 0 unspecified atom stereocenters. The van der Waals surface area contributed by atoms with E-state index in [1.807, 2.05) is 28.0 Å². The van der Waals surface area contributed by atoms with Crippen LogP contribution in [0.25, 0.3) is 16.2 Å². The second kappa shape index (κ2) is 7.19. The van der Waals surface area contributed by atoms with Crippen LogP contribution in [0.2, 0.25) is 10.0 Å². The second-order valence-electron chi connectivity index (χ2n) is 5.72. The smallest absolute Gasteiger partial charge is 0.217 e. The van der Waals surface area contributed by atoms with Crippen molar-refractivity contribution in [1.29, 1.82) is 0 Å². The maximum atomic E-state index is 13.6. The molecule has 0 spiro atoms. The highest BCUT2D eigenvalue weighted by atomic mass is 35.5. The van der Waals surface area contributed by atoms with Crippen molar-refractivity contribution in [3.8, 4) is 11.3 Å². The summed E-state index contributed by atoms with van der Waals surface area (Å²) in [5, 5.41) is 12.4. The average molecular weight is 424 g/mol. The average Bonchev–Trinajstić information content (AvgIpc) is 3.21. The van der Waals surface area contributed by atoms with Crippen LogP contribution in [-0.4, -0.2) is 14.6 Å². The summed E-state index contributed by atoms with van der Waals surface area (Å²) in [6.07, 6.45) is 0. The van der Waals surface area contributed by atoms with E-state index in [-0.39, 0.29) is 5.82 Å². The molecule has 2 heterocycles. The van der Waals surface area contributed by atoms with Crippen LogP contribution in [-0.2, 0) is 5.75 Å². The minimum atomic E-state index is -0.210. The van der Waals surface area contributed by atoms with Gasteiger partial charge in [-0.05, 0) is 53.9 Å². The maximum absolute atomic E-state index is 13.6. The van der Waals surface area contributed by atoms with Crippen molar-refractivity contribution in [3.05, 3.63) is 68.8 Å². The molecule has 26 heavy (non-hydrogen) atoms. The highest BCUT2D eigenvalue weighted by molar-refractivity contribution is 7.98. The Labute approximate surface area is 167 Å². The number of thioether (sulfide) groups is 1. The predicted octanol–water partition coefficient (Wildman–Crippen LogP) is 6.50. The maximum Gasteiger partial charge on any atom is 0.217 e. The van der Waals surface area contributed by atoms with Gasteiger partial charge in [-0.3, -0.25) is 4.40 Å². The summed E-state index contributed by atoms with van der Waals surface area (Å²) in [6, 6.07) is 10.7. The second-order valence-corrected chi connectivity index (χ2v) is 8.32. The van der Waals surface area contributed by atoms with Gasteiger partial charge in [0.1, 0.15) is 5.82 Å². The molecule has 8 heteroatoms. The van der Waals surface area contributed by atoms with Crippen LogP contribution in [0.3, 0.4) is 0 Å². The Morgan fingerprint density at radius 3 is 2.73 bits per heavy atom. The monoisotopic (exact) mass is 423 g/mol. The van der Waals surface area contributed by atoms with E-state index in [2.05, 4.69) is 10.2 Å². The molecular weight excluding hydrogens is 412 g/mol. The van der Waals surface area contributed by atoms with E-state index in [1.54, 1.807) is 30.8 Å². The number of hydrogen-bond donors (Lipinski definition) is 0. The zero-order valence-electron chi connectivity index (χ0n) is 13.5. The van der Waals surface area contributed by atoms with Gasteiger partial charge >= 0.3 is 0 Å². The van der Waals surface area contributed by atoms with Crippen LogP contribution in [0.1, 0.15) is 11.1 Å². The van der Waals surface area contributed by atoms with Crippen LogP contribution in [0.15, 0.2) is 46.9 Å². The summed E-state index contributed by atoms with van der Waals surface area (Å²) < 4.78 is 15.6. The van der Waals surface area contributed by atoms with Crippen molar-refractivity contribution < 1.29 is 4.39 Å². The van der Waals surface area contributed by atoms with E-state index in [9.17, 15) is 4.39 Å². The van der Waals surface area contributed by atoms with Gasteiger partial charge in [0.25, 0.3) is 0 Å². The molecule has 0 N–H and O–H groups in total. The van der Waals surface area contributed by atoms with E-state index in [4.69, 9.17) is 23.2 Å². The number of nitrogens with zero attached hydrogens (tertiary/aromatic N) is 3. The van der Waals surface area contributed by atoms with Crippen LogP contribution in [0.5, 0.6) is 0 Å². The molecule has 3 nitrogen and oxygen atoms in total. The summed E-state index contributed by atoms with van der Waals surface area (Å²) in [7, 11) is 0. The van der Waals surface area contributed by atoms with E-state index in [1.165, 1.54) is 17.4 Å². The largest absolute Gasteiger partial charge is 0.260 e. The van der Waals surface area contributed by atoms with Gasteiger partial charge in [-0.25, -0.2) is 4.39 Å². The third-order valence-electron chi connectivity index (χ3n) is 3.93. The molecule has 2 aromatic carbocycles. The molecule has 132 valence electrons. The Kier molecular flexibility index (Phi) is 4.92. The number of halogens is 3. The minimum absolute atomic E-state index is 0.210. The fourth-order valence-electron chi connectivity index (χ4n) is 2.57. The first-order chi connectivity index (χ1) is 12.5. The van der Waals surface area contributed by atoms with Crippen molar-refractivity contribution in [2.24, 2.45) is 0 Å². The summed E-state index contributed by atoms with van der Waals surface area (Å²) in [6.45, 7) is 1.76. The highest BCUT2D eigenvalue weighted by Gasteiger charge is 2.15. The third kappa shape index (κ3) is 3.34. The molecule has 0 bridgehead atoms. The number of hydrogen-bond acceptors (Lipinski definition) is 4. The fourth-order valence-corrected chi connectivity index (χ4v) is 4.68. The number of thiazole rings is 1. The van der Waals surface area contributed by atoms with Crippen LogP contribution < -0.4 is 0 Å². The van der Waals surface area contributed by atoms with Gasteiger partial charge in [0.15, 0.2) is 5.16 Å². The molecule has 4 aromatic rings. The van der Waals surface area contributed by atoms with E-state index >= 15 is 0 Å². The third-order valence-corrected chi connectivity index (χ3v) is 6.48. The molecule has 0 aliphatic rings. The first-order valence-corrected chi connectivity index (χ1v) is 10.3. The standard InChI is InChI=1S/C18H12Cl2FN3S2/c1-10-6-12(3-5-15(10)21)16-9-26-18-23-22-17(24(16)18)25-8-11-2-4-13(19)14(20)7-11/h2-7,9H,8H2,1H3. The van der Waals surface area contributed by atoms with Gasteiger partial charge in [0.2, 0.25) is 4.96 Å². The van der Waals surface area contributed by atoms with Gasteiger partial charge in [0.05, 0.1) is 15.7 Å². The van der Waals surface area contributed by atoms with E-state index in [0.717, 1.165) is 26.9 Å². The van der Waals surface area contributed by atoms with Crippen molar-refractivity contribution in [2.75, 3.05) is 0 Å². The lowest BCUT2D eigenvalue weighted by molar-refractivity contribution is 0.618. The molecule has 0 aliphatic carbocycles. The Morgan fingerprint density at radius 1 is 1.12 bits per heavy atom. The molecule has 0 saturated carbocycles. The van der Waals surface area contributed by atoms with Crippen molar-refractivity contribution in [1.82, 2.24) is 14.6 Å². The lowest BCUT2D eigenvalue weighted by Gasteiger charge is -2.05. The number of fused-ring (bicyclic) bond motifs is 1. The predicted molar refractivity (Wildman–Crippen MR) is 107 cm³/mol. The lowest BCUT2D eigenvalue weighted by Crippen LogP contribution is -1.92. The van der Waals surface area contributed by atoms with Gasteiger partial charge in [-0.15, -0.1) is 21.5 Å². The first kappa shape index (κ1) is 17.8. The summed E-state index contributed by atoms with van der Waals surface area (Å²) in [4.78, 5) is 0.804. The Bertz CT molecular complexity index is 1110. The molecule has 2 aromatic heterocycles. The first-order valence-electron chi connectivity index (χ1n) is 7.69. The fraction of sp³-hybridized carbons (Fsp3) is 0.111. The lowest BCUT2D eigenvalue weighted by atomic mass is 10.1. The van der Waals surface area contributed by atoms with Crippen LogP contribution in [0.4, 0.5) is 4.39 Å². The molecule has 4 rings (SSSR count). The topological polar surface area (TPSA) is 30.2 Å². The molecule has 0 saturated heterocycles. The Hall–Kier alpha value is -1.60. The van der Waals surface area contributed by atoms with Gasteiger partial charge in [0, 0.05) is 11.1 Å². The van der Waals surface area contributed by atoms with Crippen molar-refractivity contribution in [2.45, 2.75) is 17.8 Å². The van der Waals surface area contributed by atoms with Gasteiger partial charge in [-0.1, -0.05) is 41.0 Å². The number of aromatic nitrogens is 3. The molecule has 0 atom stereocenters. The SMILES string of the molecule is Cc1cc(-c2csc3nnc(SCc4ccc(Cl)c(Cl)c4)n23)ccc1F. The number of aryl methyl sites for hydroxylation is 1. The zero-order chi connectivity index (χ0) is 18.3. The normalized spacial score (nSPS) is 11.4. The number of rotatable bonds is 4. The zero-order valence-corrected chi connectivity index (χ0v) is 16.7. The van der Waals surface area contributed by atoms with Crippen LogP contribution in [0, 0.1) is 12.7 Å². The van der Waals surface area contributed by atoms with Crippen molar-refractivity contribution in [3.63, 3.8) is 0 Å². The van der Waals surface area contributed by atoms with E-state index in [0.29, 0.717) is 21.4 Å². The van der Waals surface area contributed by atoms with Crippen molar-refractivity contribution >= 4 is 51.3 Å². The van der Waals surface area contributed by atoms with E-state index < -0.39 is 0 Å². The molecular formula is C18H12Cl2FN3S2. The van der Waals surface area contributed by atoms with Crippen LogP contribution >= 0.6 is 46.3 Å². The Balaban J connectivity index is 1.67. The number of benzene rings is 2.